The number of nitrogens with one attached hydrogen (secondary N) is 3. The topological polar surface area (TPSA) is 82.7 Å². The van der Waals surface area contributed by atoms with Crippen LogP contribution in [-0.2, 0) is 11.3 Å². The van der Waals surface area contributed by atoms with E-state index in [9.17, 15) is 9.59 Å². The van der Waals surface area contributed by atoms with Crippen molar-refractivity contribution in [3.63, 3.8) is 0 Å². The van der Waals surface area contributed by atoms with E-state index in [0.717, 1.165) is 24.3 Å². The molecule has 0 radical (unpaired) electrons. The fraction of sp³-hybridized carbons (Fsp3) is 0.529. The van der Waals surface area contributed by atoms with Gasteiger partial charge in [-0.15, -0.1) is 0 Å². The molecule has 0 heterocycles. The highest BCUT2D eigenvalue weighted by atomic mass is 16.5. The summed E-state index contributed by atoms with van der Waals surface area (Å²) < 4.78 is 5.66. The number of nitrogens with zero attached hydrogens (tertiary/aromatic N) is 1. The van der Waals surface area contributed by atoms with Gasteiger partial charge >= 0.3 is 6.03 Å². The summed E-state index contributed by atoms with van der Waals surface area (Å²) in [5.74, 6) is 0.582. The van der Waals surface area contributed by atoms with Crippen molar-refractivity contribution >= 4 is 11.9 Å². The minimum absolute atomic E-state index is 0.0283. The highest BCUT2D eigenvalue weighted by molar-refractivity contribution is 5.83. The summed E-state index contributed by atoms with van der Waals surface area (Å²) >= 11 is 0. The Kier molecular flexibility index (Phi) is 9.29. The van der Waals surface area contributed by atoms with Crippen LogP contribution in [0.4, 0.5) is 4.79 Å². The molecule has 0 saturated heterocycles. The number of benzene rings is 1. The monoisotopic (exact) mass is 336 g/mol. The second kappa shape index (κ2) is 11.3. The predicted molar refractivity (Wildman–Crippen MR) is 94.0 cm³/mol. The molecule has 0 saturated carbocycles. The Morgan fingerprint density at radius 1 is 1.17 bits per heavy atom. The van der Waals surface area contributed by atoms with Gasteiger partial charge in [-0.25, -0.2) is 4.79 Å². The number of hydrogen-bond donors (Lipinski definition) is 3. The Hall–Kier alpha value is -2.28. The third-order valence-corrected chi connectivity index (χ3v) is 3.14. The first-order valence-corrected chi connectivity index (χ1v) is 8.16. The van der Waals surface area contributed by atoms with Gasteiger partial charge in [-0.3, -0.25) is 4.79 Å². The summed E-state index contributed by atoms with van der Waals surface area (Å²) in [6.07, 6.45) is 0.866. The van der Waals surface area contributed by atoms with E-state index in [4.69, 9.17) is 4.74 Å². The van der Waals surface area contributed by atoms with Crippen LogP contribution < -0.4 is 20.7 Å². The molecular formula is C17H28N4O3. The number of urea groups is 1. The normalized spacial score (nSPS) is 10.3. The van der Waals surface area contributed by atoms with E-state index < -0.39 is 0 Å². The van der Waals surface area contributed by atoms with Crippen LogP contribution in [0.15, 0.2) is 24.3 Å². The largest absolute Gasteiger partial charge is 0.492 e. The van der Waals surface area contributed by atoms with Gasteiger partial charge in [0.15, 0.2) is 0 Å². The van der Waals surface area contributed by atoms with E-state index in [-0.39, 0.29) is 18.5 Å². The molecule has 0 unspecified atom stereocenters. The molecule has 0 aliphatic carbocycles. The minimum atomic E-state index is -0.374. The molecule has 1 aromatic carbocycles. The van der Waals surface area contributed by atoms with Gasteiger partial charge in [0.1, 0.15) is 12.4 Å². The highest BCUT2D eigenvalue weighted by Gasteiger charge is 2.05. The molecule has 0 aliphatic rings. The SMILES string of the molecule is CCCNC(=O)CNC(=O)NCc1cccc(OCCN(C)C)c1. The van der Waals surface area contributed by atoms with Gasteiger partial charge in [0.2, 0.25) is 5.91 Å². The Bertz CT molecular complexity index is 520. The van der Waals surface area contributed by atoms with Crippen molar-refractivity contribution in [2.45, 2.75) is 19.9 Å². The molecule has 134 valence electrons. The van der Waals surface area contributed by atoms with Gasteiger partial charge in [0.25, 0.3) is 0 Å². The van der Waals surface area contributed by atoms with E-state index >= 15 is 0 Å². The molecule has 3 amide bonds. The van der Waals surface area contributed by atoms with Crippen molar-refractivity contribution in [1.29, 1.82) is 0 Å². The van der Waals surface area contributed by atoms with Crippen LogP contribution in [-0.4, -0.2) is 57.2 Å². The van der Waals surface area contributed by atoms with Crippen LogP contribution >= 0.6 is 0 Å². The first kappa shape index (κ1) is 19.8. The van der Waals surface area contributed by atoms with Crippen molar-refractivity contribution in [3.8, 4) is 5.75 Å². The number of likely N-dealkylation sites (N-methyl/N-ethyl adjacent to an activating group) is 1. The number of rotatable bonds is 10. The van der Waals surface area contributed by atoms with E-state index in [0.29, 0.717) is 19.7 Å². The summed E-state index contributed by atoms with van der Waals surface area (Å²) in [4.78, 5) is 25.1. The molecule has 7 heteroatoms. The zero-order valence-corrected chi connectivity index (χ0v) is 14.7. The van der Waals surface area contributed by atoms with Crippen molar-refractivity contribution in [3.05, 3.63) is 29.8 Å². The minimum Gasteiger partial charge on any atom is -0.492 e. The molecule has 0 atom stereocenters. The van der Waals surface area contributed by atoms with Gasteiger partial charge < -0.3 is 25.6 Å². The lowest BCUT2D eigenvalue weighted by atomic mass is 10.2. The lowest BCUT2D eigenvalue weighted by molar-refractivity contribution is -0.120. The van der Waals surface area contributed by atoms with Gasteiger partial charge in [-0.05, 0) is 38.2 Å². The number of carbonyl (C=O) groups is 2. The van der Waals surface area contributed by atoms with Crippen molar-refractivity contribution in [2.24, 2.45) is 0 Å². The fourth-order valence-corrected chi connectivity index (χ4v) is 1.82. The van der Waals surface area contributed by atoms with Crippen LogP contribution in [0.25, 0.3) is 0 Å². The summed E-state index contributed by atoms with van der Waals surface area (Å²) in [7, 11) is 3.98. The standard InChI is InChI=1S/C17H28N4O3/c1-4-8-18-16(22)13-20-17(23)19-12-14-6-5-7-15(11-14)24-10-9-21(2)3/h5-7,11H,4,8-10,12-13H2,1-3H3,(H,18,22)(H2,19,20,23). The van der Waals surface area contributed by atoms with Gasteiger partial charge in [-0.1, -0.05) is 19.1 Å². The molecule has 0 bridgehead atoms. The average molecular weight is 336 g/mol. The number of hydrogen-bond acceptors (Lipinski definition) is 4. The molecule has 1 rings (SSSR count). The number of carbonyl (C=O) groups excluding carboxylic acids is 2. The van der Waals surface area contributed by atoms with E-state index in [1.807, 2.05) is 50.2 Å². The third kappa shape index (κ3) is 8.99. The van der Waals surface area contributed by atoms with Crippen LogP contribution in [0.3, 0.4) is 0 Å². The zero-order chi connectivity index (χ0) is 17.8. The lowest BCUT2D eigenvalue weighted by Gasteiger charge is -2.12. The first-order valence-electron chi connectivity index (χ1n) is 8.16. The highest BCUT2D eigenvalue weighted by Crippen LogP contribution is 2.13. The smallest absolute Gasteiger partial charge is 0.315 e. The Morgan fingerprint density at radius 2 is 1.96 bits per heavy atom. The molecule has 3 N–H and O–H groups in total. The van der Waals surface area contributed by atoms with Crippen LogP contribution in [0.2, 0.25) is 0 Å². The Labute approximate surface area is 143 Å². The van der Waals surface area contributed by atoms with E-state index in [1.54, 1.807) is 0 Å². The average Bonchev–Trinajstić information content (AvgIpc) is 2.56. The van der Waals surface area contributed by atoms with Gasteiger partial charge in [0.05, 0.1) is 6.54 Å². The second-order valence-corrected chi connectivity index (χ2v) is 5.69. The maximum Gasteiger partial charge on any atom is 0.315 e. The quantitative estimate of drug-likeness (QED) is 0.594. The Morgan fingerprint density at radius 3 is 2.67 bits per heavy atom. The molecule has 7 nitrogen and oxygen atoms in total. The van der Waals surface area contributed by atoms with Gasteiger partial charge in [0, 0.05) is 19.6 Å². The fourth-order valence-electron chi connectivity index (χ4n) is 1.82. The molecule has 0 aromatic heterocycles. The van der Waals surface area contributed by atoms with Crippen molar-refractivity contribution < 1.29 is 14.3 Å². The van der Waals surface area contributed by atoms with E-state index in [2.05, 4.69) is 16.0 Å². The predicted octanol–water partition coefficient (Wildman–Crippen LogP) is 0.952. The van der Waals surface area contributed by atoms with Gasteiger partial charge in [-0.2, -0.15) is 0 Å². The molecule has 24 heavy (non-hydrogen) atoms. The first-order chi connectivity index (χ1) is 11.5. The molecule has 1 aromatic rings. The summed E-state index contributed by atoms with van der Waals surface area (Å²) in [5, 5.41) is 7.94. The number of ether oxygens (including phenoxy) is 1. The second-order valence-electron chi connectivity index (χ2n) is 5.69. The van der Waals surface area contributed by atoms with Crippen LogP contribution in [0.5, 0.6) is 5.75 Å². The van der Waals surface area contributed by atoms with Crippen molar-refractivity contribution in [1.82, 2.24) is 20.9 Å². The summed E-state index contributed by atoms with van der Waals surface area (Å²) in [5.41, 5.74) is 0.933. The maximum atomic E-state index is 11.7. The summed E-state index contributed by atoms with van der Waals surface area (Å²) in [6.45, 7) is 4.37. The maximum absolute atomic E-state index is 11.7. The molecular weight excluding hydrogens is 308 g/mol. The summed E-state index contributed by atoms with van der Waals surface area (Å²) in [6, 6.07) is 7.20. The lowest BCUT2D eigenvalue weighted by Crippen LogP contribution is -2.41. The van der Waals surface area contributed by atoms with Crippen LogP contribution in [0.1, 0.15) is 18.9 Å². The molecule has 0 spiro atoms. The molecule has 0 aliphatic heterocycles. The Balaban J connectivity index is 2.30. The van der Waals surface area contributed by atoms with E-state index in [1.165, 1.54) is 0 Å². The van der Waals surface area contributed by atoms with Crippen LogP contribution in [0, 0.1) is 0 Å². The zero-order valence-electron chi connectivity index (χ0n) is 14.7. The van der Waals surface area contributed by atoms with Crippen molar-refractivity contribution in [2.75, 3.05) is 40.3 Å². The number of amides is 3. The third-order valence-electron chi connectivity index (χ3n) is 3.14. The molecule has 0 fully saturated rings.